The van der Waals surface area contributed by atoms with E-state index in [0.717, 1.165) is 35.1 Å². The van der Waals surface area contributed by atoms with Crippen LogP contribution >= 0.6 is 0 Å². The first-order valence-corrected chi connectivity index (χ1v) is 10.3. The third-order valence-electron chi connectivity index (χ3n) is 5.19. The lowest BCUT2D eigenvalue weighted by Crippen LogP contribution is -2.36. The average molecular weight is 456 g/mol. The number of halogens is 2. The molecule has 0 atom stereocenters. The predicted octanol–water partition coefficient (Wildman–Crippen LogP) is 3.45. The lowest BCUT2D eigenvalue weighted by Gasteiger charge is -2.30. The Morgan fingerprint density at radius 1 is 1.15 bits per heavy atom. The molecule has 172 valence electrons. The van der Waals surface area contributed by atoms with Crippen molar-refractivity contribution in [1.29, 1.82) is 0 Å². The molecule has 0 aliphatic carbocycles. The number of carboxylic acids is 1. The summed E-state index contributed by atoms with van der Waals surface area (Å²) in [5.41, 5.74) is 3.44. The molecule has 0 saturated carbocycles. The van der Waals surface area contributed by atoms with Crippen molar-refractivity contribution in [3.05, 3.63) is 71.6 Å². The molecule has 3 aromatic rings. The Morgan fingerprint density at radius 3 is 2.67 bits per heavy atom. The molecular weight excluding hydrogens is 434 g/mol. The Kier molecular flexibility index (Phi) is 6.64. The number of ether oxygens (including phenoxy) is 2. The molecule has 8 nitrogen and oxygen atoms in total. The fourth-order valence-corrected chi connectivity index (χ4v) is 3.50. The molecule has 4 rings (SSSR count). The highest BCUT2D eigenvalue weighted by Crippen LogP contribution is 2.29. The smallest absolute Gasteiger partial charge is 0.328 e. The van der Waals surface area contributed by atoms with Gasteiger partial charge in [0.1, 0.15) is 18.1 Å². The summed E-state index contributed by atoms with van der Waals surface area (Å²) in [5.74, 6) is -2.79. The third kappa shape index (κ3) is 5.35. The van der Waals surface area contributed by atoms with Crippen LogP contribution in [-0.2, 0) is 16.1 Å². The van der Waals surface area contributed by atoms with Crippen molar-refractivity contribution in [3.8, 4) is 11.4 Å². The van der Waals surface area contributed by atoms with Crippen LogP contribution in [0.25, 0.3) is 11.3 Å². The van der Waals surface area contributed by atoms with Crippen molar-refractivity contribution < 1.29 is 28.2 Å². The topological polar surface area (TPSA) is 89.7 Å². The number of carboxylic acid groups (broad SMARTS) is 1. The minimum atomic E-state index is -1.02. The van der Waals surface area contributed by atoms with E-state index >= 15 is 0 Å². The quantitative estimate of drug-likeness (QED) is 0.545. The standard InChI is InChI=1S/C23H22F2N4O4/c1-15(10-23(30)31)16-2-5-21(28-6-8-32-9-7-28)22(11-16)29-13-17(26-27-29)14-33-18-3-4-19(24)20(25)12-18/h2-5,10-13H,6-9,14H2,1H3,(H,30,31)/b15-10+. The maximum absolute atomic E-state index is 13.4. The first-order valence-electron chi connectivity index (χ1n) is 10.3. The van der Waals surface area contributed by atoms with Crippen LogP contribution in [0.2, 0.25) is 0 Å². The summed E-state index contributed by atoms with van der Waals surface area (Å²) in [4.78, 5) is 13.3. The van der Waals surface area contributed by atoms with Gasteiger partial charge in [-0.2, -0.15) is 0 Å². The SMILES string of the molecule is C/C(=C\C(=O)O)c1ccc(N2CCOCC2)c(-n2cc(COc3ccc(F)c(F)c3)nn2)c1. The number of rotatable bonds is 7. The summed E-state index contributed by atoms with van der Waals surface area (Å²) in [5, 5.41) is 17.4. The molecule has 0 radical (unpaired) electrons. The Balaban J connectivity index is 1.62. The molecule has 0 amide bonds. The summed E-state index contributed by atoms with van der Waals surface area (Å²) in [6, 6.07) is 8.95. The number of allylic oxidation sites excluding steroid dienone is 1. The fraction of sp³-hybridized carbons (Fsp3) is 0.261. The van der Waals surface area contributed by atoms with E-state index < -0.39 is 17.6 Å². The molecule has 33 heavy (non-hydrogen) atoms. The number of aliphatic carboxylic acids is 1. The molecule has 0 unspecified atom stereocenters. The summed E-state index contributed by atoms with van der Waals surface area (Å²) < 4.78 is 39.0. The van der Waals surface area contributed by atoms with Gasteiger partial charge in [0.15, 0.2) is 11.6 Å². The fourth-order valence-electron chi connectivity index (χ4n) is 3.50. The summed E-state index contributed by atoms with van der Waals surface area (Å²) in [7, 11) is 0. The second kappa shape index (κ2) is 9.78. The first-order chi connectivity index (χ1) is 15.9. The van der Waals surface area contributed by atoms with Crippen molar-refractivity contribution in [2.45, 2.75) is 13.5 Å². The van der Waals surface area contributed by atoms with Crippen molar-refractivity contribution in [2.75, 3.05) is 31.2 Å². The van der Waals surface area contributed by atoms with E-state index in [1.54, 1.807) is 17.8 Å². The van der Waals surface area contributed by atoms with E-state index in [2.05, 4.69) is 15.2 Å². The lowest BCUT2D eigenvalue weighted by atomic mass is 10.0. The van der Waals surface area contributed by atoms with Crippen molar-refractivity contribution in [3.63, 3.8) is 0 Å². The highest BCUT2D eigenvalue weighted by Gasteiger charge is 2.18. The van der Waals surface area contributed by atoms with Gasteiger partial charge in [-0.1, -0.05) is 11.3 Å². The molecule has 1 saturated heterocycles. The van der Waals surface area contributed by atoms with Gasteiger partial charge in [0.25, 0.3) is 0 Å². The number of morpholine rings is 1. The highest BCUT2D eigenvalue weighted by atomic mass is 19.2. The summed E-state index contributed by atoms with van der Waals surface area (Å²) in [6.07, 6.45) is 2.83. The van der Waals surface area contributed by atoms with Crippen molar-refractivity contribution in [1.82, 2.24) is 15.0 Å². The van der Waals surface area contributed by atoms with Gasteiger partial charge < -0.3 is 19.5 Å². The second-order valence-corrected chi connectivity index (χ2v) is 7.49. The van der Waals surface area contributed by atoms with Crippen molar-refractivity contribution in [2.24, 2.45) is 0 Å². The number of nitrogens with zero attached hydrogens (tertiary/aromatic N) is 4. The zero-order valence-electron chi connectivity index (χ0n) is 17.9. The van der Waals surface area contributed by atoms with Gasteiger partial charge in [-0.25, -0.2) is 18.3 Å². The maximum Gasteiger partial charge on any atom is 0.328 e. The van der Waals surface area contributed by atoms with Crippen LogP contribution in [-0.4, -0.2) is 52.4 Å². The van der Waals surface area contributed by atoms with Crippen LogP contribution in [0.15, 0.2) is 48.7 Å². The Labute approximate surface area is 188 Å². The normalized spacial score (nSPS) is 14.4. The summed E-state index contributed by atoms with van der Waals surface area (Å²) >= 11 is 0. The van der Waals surface area contributed by atoms with Gasteiger partial charge in [-0.15, -0.1) is 5.10 Å². The zero-order chi connectivity index (χ0) is 23.4. The van der Waals surface area contributed by atoms with Crippen molar-refractivity contribution >= 4 is 17.2 Å². The van der Waals surface area contributed by atoms with Crippen LogP contribution in [0, 0.1) is 11.6 Å². The predicted molar refractivity (Wildman–Crippen MR) is 116 cm³/mol. The molecule has 2 heterocycles. The second-order valence-electron chi connectivity index (χ2n) is 7.49. The molecule has 0 bridgehead atoms. The molecule has 10 heteroatoms. The average Bonchev–Trinajstić information content (AvgIpc) is 3.28. The third-order valence-corrected chi connectivity index (χ3v) is 5.19. The van der Waals surface area contributed by atoms with Gasteiger partial charge in [-0.3, -0.25) is 0 Å². The van der Waals surface area contributed by atoms with E-state index in [1.165, 1.54) is 6.07 Å². The van der Waals surface area contributed by atoms with Crippen LogP contribution in [0.4, 0.5) is 14.5 Å². The number of hydrogen-bond donors (Lipinski definition) is 1. The number of anilines is 1. The molecule has 1 aliphatic heterocycles. The van der Waals surface area contributed by atoms with E-state index in [9.17, 15) is 13.6 Å². The highest BCUT2D eigenvalue weighted by molar-refractivity contribution is 5.90. The van der Waals surface area contributed by atoms with Crippen LogP contribution in [0.5, 0.6) is 5.75 Å². The molecule has 0 spiro atoms. The van der Waals surface area contributed by atoms with E-state index in [4.69, 9.17) is 14.6 Å². The molecular formula is C23H22F2N4O4. The van der Waals surface area contributed by atoms with Gasteiger partial charge in [0.05, 0.1) is 30.8 Å². The molecule has 1 aromatic heterocycles. The Hall–Kier alpha value is -3.79. The molecule has 1 N–H and O–H groups in total. The van der Waals surface area contributed by atoms with Gasteiger partial charge >= 0.3 is 5.97 Å². The van der Waals surface area contributed by atoms with Crippen LogP contribution in [0.1, 0.15) is 18.2 Å². The zero-order valence-corrected chi connectivity index (χ0v) is 17.9. The first kappa shape index (κ1) is 22.4. The lowest BCUT2D eigenvalue weighted by molar-refractivity contribution is -0.131. The number of carbonyl (C=O) groups is 1. The van der Waals surface area contributed by atoms with Gasteiger partial charge in [0, 0.05) is 25.2 Å². The largest absolute Gasteiger partial charge is 0.487 e. The number of aromatic nitrogens is 3. The Morgan fingerprint density at radius 2 is 1.94 bits per heavy atom. The molecule has 1 fully saturated rings. The minimum Gasteiger partial charge on any atom is -0.487 e. The van der Waals surface area contributed by atoms with Gasteiger partial charge in [-0.05, 0) is 42.3 Å². The van der Waals surface area contributed by atoms with E-state index in [1.807, 2.05) is 18.2 Å². The minimum absolute atomic E-state index is 0.00952. The monoisotopic (exact) mass is 456 g/mol. The molecule has 2 aromatic carbocycles. The van der Waals surface area contributed by atoms with E-state index in [-0.39, 0.29) is 12.4 Å². The van der Waals surface area contributed by atoms with Crippen LogP contribution < -0.4 is 9.64 Å². The maximum atomic E-state index is 13.4. The van der Waals surface area contributed by atoms with Crippen LogP contribution in [0.3, 0.4) is 0 Å². The summed E-state index contributed by atoms with van der Waals surface area (Å²) in [6.45, 7) is 4.35. The molecule has 1 aliphatic rings. The Bertz CT molecular complexity index is 1190. The number of benzene rings is 2. The van der Waals surface area contributed by atoms with E-state index in [0.29, 0.717) is 37.6 Å². The number of hydrogen-bond acceptors (Lipinski definition) is 6. The van der Waals surface area contributed by atoms with Gasteiger partial charge in [0.2, 0.25) is 0 Å².